The minimum atomic E-state index is 0.291. The zero-order valence-corrected chi connectivity index (χ0v) is 12.9. The lowest BCUT2D eigenvalue weighted by molar-refractivity contribution is 1.11. The summed E-state index contributed by atoms with van der Waals surface area (Å²) < 4.78 is 0. The number of hydrogen-bond acceptors (Lipinski definition) is 4. The zero-order valence-electron chi connectivity index (χ0n) is 11.3. The Morgan fingerprint density at radius 2 is 1.95 bits per heavy atom. The number of benzene rings is 1. The van der Waals surface area contributed by atoms with Gasteiger partial charge in [0.05, 0.1) is 5.39 Å². The quantitative estimate of drug-likeness (QED) is 0.658. The molecule has 0 aliphatic heterocycles. The first-order valence-corrected chi connectivity index (χ1v) is 7.63. The van der Waals surface area contributed by atoms with Crippen LogP contribution in [0.5, 0.6) is 0 Å². The minimum Gasteiger partial charge on any atom is -0.329 e. The molecule has 0 saturated heterocycles. The van der Waals surface area contributed by atoms with Gasteiger partial charge in [-0.3, -0.25) is 0 Å². The van der Waals surface area contributed by atoms with Crippen molar-refractivity contribution < 1.29 is 0 Å². The number of fused-ring (bicyclic) bond motifs is 1. The average molecular weight is 304 g/mol. The monoisotopic (exact) mass is 303 g/mol. The predicted octanol–water partition coefficient (Wildman–Crippen LogP) is 4.68. The van der Waals surface area contributed by atoms with E-state index in [1.54, 1.807) is 11.3 Å². The molecular weight excluding hydrogens is 290 g/mol. The Hall–Kier alpha value is -1.65. The SMILES string of the molecule is CCc1cc2c(N(C)c3ccccc3)nc(Cl)nc2s1. The molecule has 0 atom stereocenters. The van der Waals surface area contributed by atoms with Crippen LogP contribution in [0.1, 0.15) is 11.8 Å². The first-order valence-electron chi connectivity index (χ1n) is 6.43. The summed E-state index contributed by atoms with van der Waals surface area (Å²) in [4.78, 5) is 13.0. The van der Waals surface area contributed by atoms with Gasteiger partial charge in [0, 0.05) is 17.6 Å². The topological polar surface area (TPSA) is 29.0 Å². The number of rotatable bonds is 3. The van der Waals surface area contributed by atoms with Gasteiger partial charge < -0.3 is 4.90 Å². The van der Waals surface area contributed by atoms with Gasteiger partial charge in [-0.15, -0.1) is 11.3 Å². The summed E-state index contributed by atoms with van der Waals surface area (Å²) >= 11 is 7.74. The van der Waals surface area contributed by atoms with Crippen molar-refractivity contribution >= 4 is 44.7 Å². The Morgan fingerprint density at radius 1 is 1.20 bits per heavy atom. The summed E-state index contributed by atoms with van der Waals surface area (Å²) in [5.74, 6) is 0.849. The Kier molecular flexibility index (Phi) is 3.59. The molecule has 0 aliphatic rings. The normalized spacial score (nSPS) is 10.9. The standard InChI is InChI=1S/C15H14ClN3S/c1-3-11-9-12-13(17-15(16)18-14(12)20-11)19(2)10-7-5-4-6-8-10/h4-9H,3H2,1-2H3. The number of halogens is 1. The Bertz CT molecular complexity index is 739. The molecule has 0 radical (unpaired) electrons. The Morgan fingerprint density at radius 3 is 2.65 bits per heavy atom. The summed E-state index contributed by atoms with van der Waals surface area (Å²) in [7, 11) is 2.00. The van der Waals surface area contributed by atoms with E-state index in [1.807, 2.05) is 30.1 Å². The van der Waals surface area contributed by atoms with Crippen molar-refractivity contribution in [1.29, 1.82) is 0 Å². The molecule has 1 aromatic carbocycles. The first-order chi connectivity index (χ1) is 9.69. The van der Waals surface area contributed by atoms with Crippen molar-refractivity contribution in [3.05, 3.63) is 46.6 Å². The molecule has 3 rings (SSSR count). The molecule has 0 fully saturated rings. The summed E-state index contributed by atoms with van der Waals surface area (Å²) in [6.45, 7) is 2.14. The van der Waals surface area contributed by atoms with Gasteiger partial charge in [-0.25, -0.2) is 4.98 Å². The van der Waals surface area contributed by atoms with Crippen molar-refractivity contribution in [3.63, 3.8) is 0 Å². The van der Waals surface area contributed by atoms with Crippen LogP contribution < -0.4 is 4.90 Å². The highest BCUT2D eigenvalue weighted by Gasteiger charge is 2.14. The molecule has 0 N–H and O–H groups in total. The van der Waals surface area contributed by atoms with Crippen LogP contribution in [0.4, 0.5) is 11.5 Å². The largest absolute Gasteiger partial charge is 0.329 e. The maximum absolute atomic E-state index is 6.07. The minimum absolute atomic E-state index is 0.291. The van der Waals surface area contributed by atoms with E-state index in [1.165, 1.54) is 4.88 Å². The number of nitrogens with zero attached hydrogens (tertiary/aromatic N) is 3. The third-order valence-electron chi connectivity index (χ3n) is 3.21. The van der Waals surface area contributed by atoms with Crippen molar-refractivity contribution in [2.45, 2.75) is 13.3 Å². The molecule has 3 nitrogen and oxygen atoms in total. The highest BCUT2D eigenvalue weighted by molar-refractivity contribution is 7.18. The zero-order chi connectivity index (χ0) is 14.1. The van der Waals surface area contributed by atoms with Crippen molar-refractivity contribution in [2.75, 3.05) is 11.9 Å². The second-order valence-electron chi connectivity index (χ2n) is 4.50. The second kappa shape index (κ2) is 5.38. The van der Waals surface area contributed by atoms with E-state index in [2.05, 4.69) is 35.1 Å². The summed E-state index contributed by atoms with van der Waals surface area (Å²) in [6, 6.07) is 12.3. The van der Waals surface area contributed by atoms with Gasteiger partial charge in [0.1, 0.15) is 10.6 Å². The maximum Gasteiger partial charge on any atom is 0.225 e. The Balaban J connectivity index is 2.17. The van der Waals surface area contributed by atoms with E-state index in [-0.39, 0.29) is 0 Å². The summed E-state index contributed by atoms with van der Waals surface area (Å²) in [5, 5.41) is 1.35. The van der Waals surface area contributed by atoms with Crippen molar-refractivity contribution in [3.8, 4) is 0 Å². The smallest absolute Gasteiger partial charge is 0.225 e. The fourth-order valence-corrected chi connectivity index (χ4v) is 3.31. The number of anilines is 2. The highest BCUT2D eigenvalue weighted by Crippen LogP contribution is 2.34. The van der Waals surface area contributed by atoms with E-state index in [0.717, 1.165) is 28.1 Å². The van der Waals surface area contributed by atoms with Crippen molar-refractivity contribution in [1.82, 2.24) is 9.97 Å². The molecule has 20 heavy (non-hydrogen) atoms. The van der Waals surface area contributed by atoms with Gasteiger partial charge in [-0.05, 0) is 36.2 Å². The van der Waals surface area contributed by atoms with Crippen LogP contribution in [-0.4, -0.2) is 17.0 Å². The number of aromatic nitrogens is 2. The molecule has 0 aliphatic carbocycles. The summed E-state index contributed by atoms with van der Waals surface area (Å²) in [5.41, 5.74) is 1.08. The van der Waals surface area contributed by atoms with Gasteiger partial charge in [-0.1, -0.05) is 25.1 Å². The first kappa shape index (κ1) is 13.3. The van der Waals surface area contributed by atoms with E-state index in [9.17, 15) is 0 Å². The lowest BCUT2D eigenvalue weighted by atomic mass is 10.2. The molecule has 0 spiro atoms. The molecule has 102 valence electrons. The number of thiophene rings is 1. The summed E-state index contributed by atoms with van der Waals surface area (Å²) in [6.07, 6.45) is 0.993. The molecule has 2 aromatic heterocycles. The maximum atomic E-state index is 6.07. The van der Waals surface area contributed by atoms with Crippen LogP contribution in [0.25, 0.3) is 10.2 Å². The van der Waals surface area contributed by atoms with Gasteiger partial charge >= 0.3 is 0 Å². The van der Waals surface area contributed by atoms with Crippen LogP contribution in [0.3, 0.4) is 0 Å². The van der Waals surface area contributed by atoms with Gasteiger partial charge in [0.25, 0.3) is 0 Å². The Labute approximate surface area is 126 Å². The molecule has 0 unspecified atom stereocenters. The lowest BCUT2D eigenvalue weighted by Gasteiger charge is -2.19. The molecule has 2 heterocycles. The van der Waals surface area contributed by atoms with E-state index < -0.39 is 0 Å². The molecule has 0 bridgehead atoms. The fourth-order valence-electron chi connectivity index (χ4n) is 2.13. The second-order valence-corrected chi connectivity index (χ2v) is 5.95. The van der Waals surface area contributed by atoms with Gasteiger partial charge in [-0.2, -0.15) is 4.98 Å². The van der Waals surface area contributed by atoms with E-state index in [0.29, 0.717) is 5.28 Å². The predicted molar refractivity (Wildman–Crippen MR) is 86.3 cm³/mol. The van der Waals surface area contributed by atoms with Crippen LogP contribution in [-0.2, 0) is 6.42 Å². The third-order valence-corrected chi connectivity index (χ3v) is 4.55. The van der Waals surface area contributed by atoms with Crippen LogP contribution in [0, 0.1) is 0 Å². The van der Waals surface area contributed by atoms with Crippen molar-refractivity contribution in [2.24, 2.45) is 0 Å². The third kappa shape index (κ3) is 2.37. The van der Waals surface area contributed by atoms with Crippen LogP contribution in [0.2, 0.25) is 5.28 Å². The fraction of sp³-hybridized carbons (Fsp3) is 0.200. The van der Waals surface area contributed by atoms with Crippen LogP contribution in [0.15, 0.2) is 36.4 Å². The molecule has 0 amide bonds. The lowest BCUT2D eigenvalue weighted by Crippen LogP contribution is -2.11. The number of para-hydroxylation sites is 1. The van der Waals surface area contributed by atoms with E-state index >= 15 is 0 Å². The average Bonchev–Trinajstić information content (AvgIpc) is 2.89. The highest BCUT2D eigenvalue weighted by atomic mass is 35.5. The molecule has 5 heteroatoms. The van der Waals surface area contributed by atoms with Crippen LogP contribution >= 0.6 is 22.9 Å². The van der Waals surface area contributed by atoms with E-state index in [4.69, 9.17) is 11.6 Å². The number of hydrogen-bond donors (Lipinski definition) is 0. The molecule has 0 saturated carbocycles. The molecule has 3 aromatic rings. The van der Waals surface area contributed by atoms with Gasteiger partial charge in [0.15, 0.2) is 0 Å². The number of aryl methyl sites for hydroxylation is 1. The molecular formula is C15H14ClN3S. The van der Waals surface area contributed by atoms with Gasteiger partial charge in [0.2, 0.25) is 5.28 Å².